The van der Waals surface area contributed by atoms with Crippen LogP contribution < -0.4 is 5.32 Å². The Kier molecular flexibility index (Phi) is 5.36. The molecule has 0 aliphatic heterocycles. The van der Waals surface area contributed by atoms with Crippen LogP contribution >= 0.6 is 0 Å². The second-order valence-electron chi connectivity index (χ2n) is 7.83. The first-order chi connectivity index (χ1) is 16.1. The molecule has 0 fully saturated rings. The van der Waals surface area contributed by atoms with Gasteiger partial charge < -0.3 is 9.84 Å². The monoisotopic (exact) mass is 439 g/mol. The molecular formula is C26H21N3O4. The zero-order valence-corrected chi connectivity index (χ0v) is 17.6. The van der Waals surface area contributed by atoms with Crippen LogP contribution in [0, 0.1) is 0 Å². The maximum atomic E-state index is 12.6. The Bertz CT molecular complexity index is 1280. The van der Waals surface area contributed by atoms with Gasteiger partial charge in [-0.05, 0) is 27.8 Å². The van der Waals surface area contributed by atoms with Crippen molar-refractivity contribution in [2.75, 3.05) is 11.9 Å². The number of ether oxygens (including phenoxy) is 1. The number of amides is 1. The third-order valence-electron chi connectivity index (χ3n) is 5.74. The largest absolute Gasteiger partial charge is 0.477 e. The van der Waals surface area contributed by atoms with Crippen molar-refractivity contribution < 1.29 is 19.4 Å². The highest BCUT2D eigenvalue weighted by Crippen LogP contribution is 2.44. The van der Waals surface area contributed by atoms with Crippen LogP contribution in [0.2, 0.25) is 0 Å². The summed E-state index contributed by atoms with van der Waals surface area (Å²) in [5.74, 6) is -1.31. The zero-order chi connectivity index (χ0) is 22.8. The van der Waals surface area contributed by atoms with Gasteiger partial charge in [-0.1, -0.05) is 78.9 Å². The Balaban J connectivity index is 1.30. The second-order valence-corrected chi connectivity index (χ2v) is 7.83. The molecular weight excluding hydrogens is 418 g/mol. The second kappa shape index (κ2) is 8.63. The van der Waals surface area contributed by atoms with Gasteiger partial charge in [0.1, 0.15) is 12.2 Å². The molecule has 0 bridgehead atoms. The van der Waals surface area contributed by atoms with E-state index < -0.39 is 12.1 Å². The van der Waals surface area contributed by atoms with Gasteiger partial charge in [0.25, 0.3) is 0 Å². The number of nitrogens with zero attached hydrogens (tertiary/aromatic N) is 2. The molecule has 1 aliphatic carbocycles. The van der Waals surface area contributed by atoms with Gasteiger partial charge in [0.05, 0.1) is 6.54 Å². The average molecular weight is 439 g/mol. The molecule has 164 valence electrons. The van der Waals surface area contributed by atoms with Gasteiger partial charge in [0, 0.05) is 12.1 Å². The molecule has 0 unspecified atom stereocenters. The molecule has 1 aliphatic rings. The first-order valence-electron chi connectivity index (χ1n) is 10.6. The lowest BCUT2D eigenvalue weighted by molar-refractivity contribution is 0.0698. The van der Waals surface area contributed by atoms with Crippen molar-refractivity contribution in [3.05, 3.63) is 107 Å². The molecule has 1 heterocycles. The molecule has 1 amide bonds. The molecule has 5 rings (SSSR count). The van der Waals surface area contributed by atoms with E-state index in [-0.39, 0.29) is 23.9 Å². The fraction of sp³-hybridized carbons (Fsp3) is 0.115. The van der Waals surface area contributed by atoms with Crippen molar-refractivity contribution in [3.63, 3.8) is 0 Å². The van der Waals surface area contributed by atoms with E-state index in [9.17, 15) is 14.7 Å². The molecule has 1 aromatic heterocycles. The summed E-state index contributed by atoms with van der Waals surface area (Å²) in [5.41, 5.74) is 5.34. The minimum Gasteiger partial charge on any atom is -0.477 e. The lowest BCUT2D eigenvalue weighted by Gasteiger charge is -2.14. The minimum absolute atomic E-state index is 0.0457. The standard InChI is InChI=1S/C26H21N3O4/c30-25(31)22-15-29(14-17-8-2-1-3-9-17)28-24(22)27-26(32)33-16-23-20-12-6-4-10-18(20)19-11-5-7-13-21(19)23/h1-13,15,23H,14,16H2,(H,30,31)(H,27,28,32). The quantitative estimate of drug-likeness (QED) is 0.441. The number of hydrogen-bond acceptors (Lipinski definition) is 4. The van der Waals surface area contributed by atoms with Crippen molar-refractivity contribution in [3.8, 4) is 11.1 Å². The van der Waals surface area contributed by atoms with Crippen molar-refractivity contribution in [2.45, 2.75) is 12.5 Å². The number of hydrogen-bond donors (Lipinski definition) is 2. The Morgan fingerprint density at radius 2 is 1.52 bits per heavy atom. The smallest absolute Gasteiger partial charge is 0.412 e. The van der Waals surface area contributed by atoms with E-state index in [1.807, 2.05) is 66.7 Å². The summed E-state index contributed by atoms with van der Waals surface area (Å²) >= 11 is 0. The number of aromatic nitrogens is 2. The average Bonchev–Trinajstić information content (AvgIpc) is 3.37. The fourth-order valence-electron chi connectivity index (χ4n) is 4.25. The van der Waals surface area contributed by atoms with E-state index in [2.05, 4.69) is 22.5 Å². The zero-order valence-electron chi connectivity index (χ0n) is 17.6. The molecule has 3 aromatic carbocycles. The molecule has 0 radical (unpaired) electrons. The van der Waals surface area contributed by atoms with E-state index in [4.69, 9.17) is 4.74 Å². The van der Waals surface area contributed by atoms with E-state index in [1.165, 1.54) is 10.9 Å². The van der Waals surface area contributed by atoms with E-state index in [0.717, 1.165) is 27.8 Å². The van der Waals surface area contributed by atoms with Crippen molar-refractivity contribution >= 4 is 17.9 Å². The molecule has 7 heteroatoms. The van der Waals surface area contributed by atoms with Crippen molar-refractivity contribution in [1.29, 1.82) is 0 Å². The third kappa shape index (κ3) is 4.08. The first-order valence-corrected chi connectivity index (χ1v) is 10.6. The Morgan fingerprint density at radius 1 is 0.909 bits per heavy atom. The number of benzene rings is 3. The van der Waals surface area contributed by atoms with Crippen LogP contribution in [0.3, 0.4) is 0 Å². The Morgan fingerprint density at radius 3 is 2.15 bits per heavy atom. The number of fused-ring (bicyclic) bond motifs is 3. The van der Waals surface area contributed by atoms with Gasteiger partial charge in [-0.2, -0.15) is 5.10 Å². The molecule has 7 nitrogen and oxygen atoms in total. The van der Waals surface area contributed by atoms with Crippen LogP contribution in [0.5, 0.6) is 0 Å². The fourth-order valence-corrected chi connectivity index (χ4v) is 4.25. The highest BCUT2D eigenvalue weighted by atomic mass is 16.5. The topological polar surface area (TPSA) is 93.5 Å². The SMILES string of the molecule is O=C(Nc1nn(Cc2ccccc2)cc1C(=O)O)OCC1c2ccccc2-c2ccccc21. The molecule has 0 saturated heterocycles. The summed E-state index contributed by atoms with van der Waals surface area (Å²) in [5, 5.41) is 16.3. The maximum absolute atomic E-state index is 12.6. The van der Waals surface area contributed by atoms with Crippen LogP contribution in [-0.2, 0) is 11.3 Å². The first kappa shape index (κ1) is 20.5. The van der Waals surface area contributed by atoms with Crippen LogP contribution in [0.4, 0.5) is 10.6 Å². The summed E-state index contributed by atoms with van der Waals surface area (Å²) in [6, 6.07) is 25.6. The van der Waals surface area contributed by atoms with Crippen LogP contribution in [0.1, 0.15) is 33.0 Å². The van der Waals surface area contributed by atoms with Crippen LogP contribution in [-0.4, -0.2) is 33.6 Å². The van der Waals surface area contributed by atoms with Crippen molar-refractivity contribution in [2.24, 2.45) is 0 Å². The summed E-state index contributed by atoms with van der Waals surface area (Å²) in [4.78, 5) is 24.2. The van der Waals surface area contributed by atoms with Gasteiger partial charge in [0.2, 0.25) is 0 Å². The number of carbonyl (C=O) groups is 2. The molecule has 0 saturated carbocycles. The van der Waals surface area contributed by atoms with Gasteiger partial charge in [-0.15, -0.1) is 0 Å². The number of carbonyl (C=O) groups excluding carboxylic acids is 1. The Labute approximate surface area is 190 Å². The lowest BCUT2D eigenvalue weighted by Crippen LogP contribution is -2.19. The predicted octanol–water partition coefficient (Wildman–Crippen LogP) is 4.99. The third-order valence-corrected chi connectivity index (χ3v) is 5.74. The number of aromatic carboxylic acids is 1. The number of anilines is 1. The van der Waals surface area contributed by atoms with Gasteiger partial charge in [-0.25, -0.2) is 9.59 Å². The molecule has 2 N–H and O–H groups in total. The van der Waals surface area contributed by atoms with E-state index >= 15 is 0 Å². The molecule has 0 spiro atoms. The van der Waals surface area contributed by atoms with Crippen LogP contribution in [0.25, 0.3) is 11.1 Å². The normalized spacial score (nSPS) is 12.1. The van der Waals surface area contributed by atoms with E-state index in [1.54, 1.807) is 0 Å². The summed E-state index contributed by atoms with van der Waals surface area (Å²) in [6.07, 6.45) is 0.651. The predicted molar refractivity (Wildman–Crippen MR) is 123 cm³/mol. The minimum atomic E-state index is -1.18. The number of nitrogens with one attached hydrogen (secondary N) is 1. The highest BCUT2D eigenvalue weighted by Gasteiger charge is 2.29. The van der Waals surface area contributed by atoms with E-state index in [0.29, 0.717) is 6.54 Å². The van der Waals surface area contributed by atoms with Crippen molar-refractivity contribution in [1.82, 2.24) is 9.78 Å². The number of carboxylic acids is 1. The highest BCUT2D eigenvalue weighted by molar-refractivity contribution is 5.97. The molecule has 4 aromatic rings. The van der Waals surface area contributed by atoms with Gasteiger partial charge >= 0.3 is 12.1 Å². The molecule has 33 heavy (non-hydrogen) atoms. The summed E-state index contributed by atoms with van der Waals surface area (Å²) in [7, 11) is 0. The van der Waals surface area contributed by atoms with Crippen LogP contribution in [0.15, 0.2) is 85.1 Å². The summed E-state index contributed by atoms with van der Waals surface area (Å²) in [6.45, 7) is 0.514. The summed E-state index contributed by atoms with van der Waals surface area (Å²) < 4.78 is 7.00. The molecule has 0 atom stereocenters. The number of rotatable bonds is 6. The Hall–Kier alpha value is -4.39. The van der Waals surface area contributed by atoms with Gasteiger partial charge in [-0.3, -0.25) is 10.00 Å². The number of carboxylic acid groups (broad SMARTS) is 1. The lowest BCUT2D eigenvalue weighted by atomic mass is 9.98. The van der Waals surface area contributed by atoms with Gasteiger partial charge in [0.15, 0.2) is 5.82 Å². The maximum Gasteiger partial charge on any atom is 0.412 e.